The van der Waals surface area contributed by atoms with Gasteiger partial charge < -0.3 is 15.4 Å². The zero-order valence-electron chi connectivity index (χ0n) is 11.3. The molecule has 0 bridgehead atoms. The summed E-state index contributed by atoms with van der Waals surface area (Å²) in [5, 5.41) is 6.23. The van der Waals surface area contributed by atoms with Crippen molar-refractivity contribution in [2.75, 3.05) is 20.3 Å². The highest BCUT2D eigenvalue weighted by atomic mass is 16.5. The fourth-order valence-electron chi connectivity index (χ4n) is 2.25. The molecule has 1 aliphatic rings. The summed E-state index contributed by atoms with van der Waals surface area (Å²) in [5.74, 6) is 0.621. The van der Waals surface area contributed by atoms with Gasteiger partial charge in [-0.05, 0) is 31.6 Å². The summed E-state index contributed by atoms with van der Waals surface area (Å²) in [6, 6.07) is 0.349. The van der Waals surface area contributed by atoms with Gasteiger partial charge >= 0.3 is 0 Å². The number of rotatable bonds is 5. The summed E-state index contributed by atoms with van der Waals surface area (Å²) in [6.45, 7) is 5.95. The fraction of sp³-hybridized carbons (Fsp3) is 0.923. The molecule has 0 spiro atoms. The SMILES string of the molecule is CNC(=O)C(CC(C)C)NC1CCCOCC1. The molecule has 100 valence electrons. The van der Waals surface area contributed by atoms with Gasteiger partial charge in [-0.1, -0.05) is 13.8 Å². The molecule has 4 nitrogen and oxygen atoms in total. The van der Waals surface area contributed by atoms with Crippen LogP contribution in [0.2, 0.25) is 0 Å². The number of ether oxygens (including phenoxy) is 1. The van der Waals surface area contributed by atoms with E-state index < -0.39 is 0 Å². The lowest BCUT2D eigenvalue weighted by molar-refractivity contribution is -0.123. The molecule has 1 rings (SSSR count). The number of carbonyl (C=O) groups is 1. The predicted molar refractivity (Wildman–Crippen MR) is 68.9 cm³/mol. The van der Waals surface area contributed by atoms with Gasteiger partial charge in [-0.15, -0.1) is 0 Å². The van der Waals surface area contributed by atoms with Crippen LogP contribution in [0.4, 0.5) is 0 Å². The van der Waals surface area contributed by atoms with Crippen molar-refractivity contribution in [1.82, 2.24) is 10.6 Å². The zero-order valence-corrected chi connectivity index (χ0v) is 11.3. The second-order valence-corrected chi connectivity index (χ2v) is 5.20. The van der Waals surface area contributed by atoms with Crippen molar-refractivity contribution in [2.45, 2.75) is 51.6 Å². The van der Waals surface area contributed by atoms with Crippen LogP contribution in [0.3, 0.4) is 0 Å². The molecule has 1 saturated heterocycles. The van der Waals surface area contributed by atoms with Crippen LogP contribution in [0.25, 0.3) is 0 Å². The van der Waals surface area contributed by atoms with Gasteiger partial charge in [0.15, 0.2) is 0 Å². The van der Waals surface area contributed by atoms with Crippen molar-refractivity contribution in [1.29, 1.82) is 0 Å². The summed E-state index contributed by atoms with van der Waals surface area (Å²) in [5.41, 5.74) is 0. The first-order valence-electron chi connectivity index (χ1n) is 6.69. The number of carbonyl (C=O) groups excluding carboxylic acids is 1. The van der Waals surface area contributed by atoms with E-state index in [-0.39, 0.29) is 11.9 Å². The number of nitrogens with one attached hydrogen (secondary N) is 2. The second kappa shape index (κ2) is 7.67. The predicted octanol–water partition coefficient (Wildman–Crippen LogP) is 1.31. The molecule has 0 aromatic heterocycles. The smallest absolute Gasteiger partial charge is 0.236 e. The highest BCUT2D eigenvalue weighted by Gasteiger charge is 2.22. The Morgan fingerprint density at radius 3 is 2.76 bits per heavy atom. The Morgan fingerprint density at radius 1 is 1.35 bits per heavy atom. The van der Waals surface area contributed by atoms with Gasteiger partial charge in [0.05, 0.1) is 6.04 Å². The number of hydrogen-bond acceptors (Lipinski definition) is 3. The Bertz CT molecular complexity index is 223. The van der Waals surface area contributed by atoms with Gasteiger partial charge in [-0.2, -0.15) is 0 Å². The summed E-state index contributed by atoms with van der Waals surface area (Å²) < 4.78 is 5.43. The highest BCUT2D eigenvalue weighted by Crippen LogP contribution is 2.12. The fourth-order valence-corrected chi connectivity index (χ4v) is 2.25. The molecule has 2 atom stereocenters. The third kappa shape index (κ3) is 5.50. The minimum atomic E-state index is -0.0666. The number of amides is 1. The largest absolute Gasteiger partial charge is 0.381 e. The minimum absolute atomic E-state index is 0.0666. The van der Waals surface area contributed by atoms with Gasteiger partial charge in [0.25, 0.3) is 0 Å². The summed E-state index contributed by atoms with van der Waals surface area (Å²) in [6.07, 6.45) is 4.08. The van der Waals surface area contributed by atoms with Gasteiger partial charge in [0, 0.05) is 26.3 Å². The molecule has 2 unspecified atom stereocenters. The summed E-state index contributed by atoms with van der Waals surface area (Å²) in [7, 11) is 1.70. The summed E-state index contributed by atoms with van der Waals surface area (Å²) >= 11 is 0. The molecule has 2 N–H and O–H groups in total. The molecule has 1 amide bonds. The maximum absolute atomic E-state index is 11.8. The van der Waals surface area contributed by atoms with Crippen LogP contribution in [-0.2, 0) is 9.53 Å². The van der Waals surface area contributed by atoms with E-state index in [4.69, 9.17) is 4.74 Å². The van der Waals surface area contributed by atoms with Crippen molar-refractivity contribution in [3.05, 3.63) is 0 Å². The van der Waals surface area contributed by atoms with E-state index in [0.717, 1.165) is 38.9 Å². The number of likely N-dealkylation sites (N-methyl/N-ethyl adjacent to an activating group) is 1. The Balaban J connectivity index is 2.48. The molecule has 4 heteroatoms. The highest BCUT2D eigenvalue weighted by molar-refractivity contribution is 5.81. The second-order valence-electron chi connectivity index (χ2n) is 5.20. The first-order chi connectivity index (χ1) is 8.13. The Labute approximate surface area is 104 Å². The summed E-state index contributed by atoms with van der Waals surface area (Å²) in [4.78, 5) is 11.8. The lowest BCUT2D eigenvalue weighted by atomic mass is 10.0. The molecule has 1 heterocycles. The number of hydrogen-bond donors (Lipinski definition) is 2. The first-order valence-corrected chi connectivity index (χ1v) is 6.69. The van der Waals surface area contributed by atoms with E-state index in [0.29, 0.717) is 12.0 Å². The average molecular weight is 242 g/mol. The molecular formula is C13H26N2O2. The Morgan fingerprint density at radius 2 is 2.12 bits per heavy atom. The molecule has 0 aliphatic carbocycles. The molecule has 1 aliphatic heterocycles. The average Bonchev–Trinajstić information content (AvgIpc) is 2.55. The van der Waals surface area contributed by atoms with E-state index in [1.807, 2.05) is 0 Å². The normalized spacial score (nSPS) is 23.2. The van der Waals surface area contributed by atoms with Crippen molar-refractivity contribution in [2.24, 2.45) is 5.92 Å². The lowest BCUT2D eigenvalue weighted by Gasteiger charge is -2.24. The van der Waals surface area contributed by atoms with Crippen molar-refractivity contribution in [3.8, 4) is 0 Å². The molecule has 0 saturated carbocycles. The monoisotopic (exact) mass is 242 g/mol. The van der Waals surface area contributed by atoms with E-state index in [9.17, 15) is 4.79 Å². The van der Waals surface area contributed by atoms with Gasteiger partial charge in [-0.3, -0.25) is 4.79 Å². The molecule has 0 aromatic carbocycles. The van der Waals surface area contributed by atoms with E-state index in [2.05, 4.69) is 24.5 Å². The third-order valence-corrected chi connectivity index (χ3v) is 3.16. The minimum Gasteiger partial charge on any atom is -0.381 e. The van der Waals surface area contributed by atoms with Crippen molar-refractivity contribution >= 4 is 5.91 Å². The van der Waals surface area contributed by atoms with Crippen LogP contribution in [0.15, 0.2) is 0 Å². The van der Waals surface area contributed by atoms with Crippen molar-refractivity contribution in [3.63, 3.8) is 0 Å². The van der Waals surface area contributed by atoms with Crippen LogP contribution in [-0.4, -0.2) is 38.3 Å². The van der Waals surface area contributed by atoms with Gasteiger partial charge in [0.1, 0.15) is 0 Å². The van der Waals surface area contributed by atoms with E-state index >= 15 is 0 Å². The topological polar surface area (TPSA) is 50.4 Å². The standard InChI is InChI=1S/C13H26N2O2/c1-10(2)9-12(13(16)14-3)15-11-5-4-7-17-8-6-11/h10-12,15H,4-9H2,1-3H3,(H,14,16). The maximum Gasteiger partial charge on any atom is 0.236 e. The van der Waals surface area contributed by atoms with E-state index in [1.165, 1.54) is 0 Å². The van der Waals surface area contributed by atoms with Crippen LogP contribution >= 0.6 is 0 Å². The Hall–Kier alpha value is -0.610. The van der Waals surface area contributed by atoms with E-state index in [1.54, 1.807) is 7.05 Å². The van der Waals surface area contributed by atoms with Crippen LogP contribution in [0.1, 0.15) is 39.5 Å². The lowest BCUT2D eigenvalue weighted by Crippen LogP contribution is -2.48. The van der Waals surface area contributed by atoms with Gasteiger partial charge in [0.2, 0.25) is 5.91 Å². The third-order valence-electron chi connectivity index (χ3n) is 3.16. The van der Waals surface area contributed by atoms with Crippen molar-refractivity contribution < 1.29 is 9.53 Å². The molecule has 17 heavy (non-hydrogen) atoms. The van der Waals surface area contributed by atoms with Gasteiger partial charge in [-0.25, -0.2) is 0 Å². The molecule has 0 radical (unpaired) electrons. The maximum atomic E-state index is 11.8. The molecule has 0 aromatic rings. The van der Waals surface area contributed by atoms with Crippen LogP contribution in [0.5, 0.6) is 0 Å². The molecular weight excluding hydrogens is 216 g/mol. The molecule has 1 fully saturated rings. The zero-order chi connectivity index (χ0) is 12.7. The Kier molecular flexibility index (Phi) is 6.52. The van der Waals surface area contributed by atoms with Crippen LogP contribution in [0, 0.1) is 5.92 Å². The quantitative estimate of drug-likeness (QED) is 0.764. The first kappa shape index (κ1) is 14.5. The van der Waals surface area contributed by atoms with Crippen LogP contribution < -0.4 is 10.6 Å².